The number of rotatable bonds is 11. The van der Waals surface area contributed by atoms with Gasteiger partial charge in [-0.05, 0) is 56.5 Å². The smallest absolute Gasteiger partial charge is 0.341 e. The van der Waals surface area contributed by atoms with E-state index in [9.17, 15) is 19.2 Å². The molecular weight excluding hydrogens is 504 g/mol. The number of imide groups is 1. The van der Waals surface area contributed by atoms with E-state index in [2.05, 4.69) is 5.32 Å². The molecule has 0 fully saturated rings. The number of nitrogens with zero attached hydrogens (tertiary/aromatic N) is 1. The van der Waals surface area contributed by atoms with Crippen molar-refractivity contribution in [1.29, 1.82) is 0 Å². The van der Waals surface area contributed by atoms with Crippen LogP contribution < -0.4 is 10.1 Å². The number of hydrogen-bond donors (Lipinski definition) is 1. The van der Waals surface area contributed by atoms with E-state index >= 15 is 0 Å². The van der Waals surface area contributed by atoms with Crippen molar-refractivity contribution < 1.29 is 28.7 Å². The van der Waals surface area contributed by atoms with Gasteiger partial charge in [-0.3, -0.25) is 19.3 Å². The number of ether oxygens (including phenoxy) is 2. The first-order chi connectivity index (χ1) is 18.3. The lowest BCUT2D eigenvalue weighted by molar-refractivity contribution is -0.116. The Morgan fingerprint density at radius 2 is 1.61 bits per heavy atom. The Balaban J connectivity index is 1.34. The molecular formula is C29H30N2O6S. The standard InChI is InChI=1S/C29H30N2O6S/c1-4-37-20-15-13-19(14-16-20)24-18(2)38-26(25(24)29(35)36-3)30-23(32)12-6-5-9-17-31-27(33)21-10-7-8-11-22(21)28(31)34/h7-8,10-11,13-16H,4-6,9,12,17H2,1-3H3,(H,30,32). The Bertz CT molecular complexity index is 1330. The van der Waals surface area contributed by atoms with Crippen LogP contribution >= 0.6 is 11.3 Å². The Morgan fingerprint density at radius 3 is 2.21 bits per heavy atom. The number of amides is 3. The van der Waals surface area contributed by atoms with Crippen molar-refractivity contribution in [2.24, 2.45) is 0 Å². The molecule has 4 rings (SSSR count). The van der Waals surface area contributed by atoms with Crippen LogP contribution in [0.4, 0.5) is 5.00 Å². The maximum Gasteiger partial charge on any atom is 0.341 e. The minimum Gasteiger partial charge on any atom is -0.494 e. The monoisotopic (exact) mass is 534 g/mol. The molecule has 3 amide bonds. The van der Waals surface area contributed by atoms with E-state index in [1.807, 2.05) is 38.1 Å². The summed E-state index contributed by atoms with van der Waals surface area (Å²) >= 11 is 1.33. The van der Waals surface area contributed by atoms with E-state index < -0.39 is 5.97 Å². The second-order valence-corrected chi connectivity index (χ2v) is 10.1. The molecule has 0 radical (unpaired) electrons. The molecule has 38 heavy (non-hydrogen) atoms. The topological polar surface area (TPSA) is 102 Å². The van der Waals surface area contributed by atoms with Crippen molar-refractivity contribution in [2.75, 3.05) is 25.6 Å². The Labute approximate surface area is 225 Å². The summed E-state index contributed by atoms with van der Waals surface area (Å²) in [6.45, 7) is 4.69. The van der Waals surface area contributed by atoms with Gasteiger partial charge < -0.3 is 14.8 Å². The van der Waals surface area contributed by atoms with Crippen LogP contribution in [0.25, 0.3) is 11.1 Å². The summed E-state index contributed by atoms with van der Waals surface area (Å²) in [4.78, 5) is 52.5. The third-order valence-corrected chi connectivity index (χ3v) is 7.37. The average Bonchev–Trinajstić information content (AvgIpc) is 3.37. The predicted octanol–water partition coefficient (Wildman–Crippen LogP) is 5.70. The van der Waals surface area contributed by atoms with Gasteiger partial charge >= 0.3 is 5.97 Å². The molecule has 1 N–H and O–H groups in total. The van der Waals surface area contributed by atoms with Crippen LogP contribution in [0, 0.1) is 6.92 Å². The van der Waals surface area contributed by atoms with Gasteiger partial charge in [0.2, 0.25) is 5.91 Å². The number of unbranched alkanes of at least 4 members (excludes halogenated alkanes) is 2. The second kappa shape index (κ2) is 12.0. The number of anilines is 1. The van der Waals surface area contributed by atoms with Gasteiger partial charge in [-0.15, -0.1) is 11.3 Å². The summed E-state index contributed by atoms with van der Waals surface area (Å²) in [6.07, 6.45) is 2.11. The highest BCUT2D eigenvalue weighted by Crippen LogP contribution is 2.41. The Hall–Kier alpha value is -3.98. The fraction of sp³-hybridized carbons (Fsp3) is 0.310. The summed E-state index contributed by atoms with van der Waals surface area (Å²) in [5.41, 5.74) is 2.76. The zero-order valence-electron chi connectivity index (χ0n) is 21.7. The van der Waals surface area contributed by atoms with Gasteiger partial charge in [0, 0.05) is 23.4 Å². The van der Waals surface area contributed by atoms with Crippen LogP contribution in [0.2, 0.25) is 0 Å². The number of thiophene rings is 1. The van der Waals surface area contributed by atoms with E-state index in [1.54, 1.807) is 24.3 Å². The number of carbonyl (C=O) groups is 4. The third kappa shape index (κ3) is 5.62. The lowest BCUT2D eigenvalue weighted by atomic mass is 10.0. The van der Waals surface area contributed by atoms with Crippen molar-refractivity contribution in [3.63, 3.8) is 0 Å². The molecule has 0 saturated heterocycles. The maximum absolute atomic E-state index is 12.7. The van der Waals surface area contributed by atoms with Gasteiger partial charge in [0.1, 0.15) is 16.3 Å². The molecule has 0 spiro atoms. The molecule has 198 valence electrons. The molecule has 1 aliphatic heterocycles. The van der Waals surface area contributed by atoms with Crippen LogP contribution in [-0.4, -0.2) is 48.9 Å². The lowest BCUT2D eigenvalue weighted by Crippen LogP contribution is -2.30. The molecule has 2 aromatic carbocycles. The molecule has 0 bridgehead atoms. The number of nitrogens with one attached hydrogen (secondary N) is 1. The zero-order valence-corrected chi connectivity index (χ0v) is 22.5. The minimum atomic E-state index is -0.519. The molecule has 0 aliphatic carbocycles. The molecule has 9 heteroatoms. The van der Waals surface area contributed by atoms with Gasteiger partial charge in [-0.25, -0.2) is 4.79 Å². The number of methoxy groups -OCH3 is 1. The highest BCUT2D eigenvalue weighted by Gasteiger charge is 2.34. The van der Waals surface area contributed by atoms with Gasteiger partial charge in [-0.2, -0.15) is 0 Å². The minimum absolute atomic E-state index is 0.213. The SMILES string of the molecule is CCOc1ccc(-c2c(C)sc(NC(=O)CCCCCN3C(=O)c4ccccc4C3=O)c2C(=O)OC)cc1. The molecule has 1 aromatic heterocycles. The summed E-state index contributed by atoms with van der Waals surface area (Å²) in [5.74, 6) is -0.532. The summed E-state index contributed by atoms with van der Waals surface area (Å²) < 4.78 is 10.5. The molecule has 3 aromatic rings. The largest absolute Gasteiger partial charge is 0.494 e. The zero-order chi connectivity index (χ0) is 27.2. The van der Waals surface area contributed by atoms with Crippen molar-refractivity contribution in [3.8, 4) is 16.9 Å². The molecule has 0 saturated carbocycles. The molecule has 2 heterocycles. The highest BCUT2D eigenvalue weighted by molar-refractivity contribution is 7.17. The van der Waals surface area contributed by atoms with Crippen LogP contribution in [0.3, 0.4) is 0 Å². The highest BCUT2D eigenvalue weighted by atomic mass is 32.1. The fourth-order valence-corrected chi connectivity index (χ4v) is 5.61. The van der Waals surface area contributed by atoms with Crippen molar-refractivity contribution >= 4 is 40.0 Å². The van der Waals surface area contributed by atoms with E-state index in [-0.39, 0.29) is 24.1 Å². The summed E-state index contributed by atoms with van der Waals surface area (Å²) in [7, 11) is 1.32. The Morgan fingerprint density at radius 1 is 0.947 bits per heavy atom. The first kappa shape index (κ1) is 27.1. The van der Waals surface area contributed by atoms with Gasteiger partial charge in [0.05, 0.1) is 24.8 Å². The van der Waals surface area contributed by atoms with E-state index in [0.717, 1.165) is 21.8 Å². The predicted molar refractivity (Wildman–Crippen MR) is 146 cm³/mol. The number of fused-ring (bicyclic) bond motifs is 1. The molecule has 1 aliphatic rings. The van der Waals surface area contributed by atoms with Crippen LogP contribution in [0.5, 0.6) is 5.75 Å². The molecule has 0 atom stereocenters. The number of carbonyl (C=O) groups excluding carboxylic acids is 4. The quantitative estimate of drug-likeness (QED) is 0.192. The number of hydrogen-bond acceptors (Lipinski definition) is 7. The normalized spacial score (nSPS) is 12.4. The third-order valence-electron chi connectivity index (χ3n) is 6.34. The summed E-state index contributed by atoms with van der Waals surface area (Å²) in [5, 5.41) is 3.33. The van der Waals surface area contributed by atoms with E-state index in [4.69, 9.17) is 9.47 Å². The van der Waals surface area contributed by atoms with E-state index in [1.165, 1.54) is 23.3 Å². The van der Waals surface area contributed by atoms with Gasteiger partial charge in [0.25, 0.3) is 11.8 Å². The number of benzene rings is 2. The molecule has 8 nitrogen and oxygen atoms in total. The van der Waals surface area contributed by atoms with Crippen molar-refractivity contribution in [3.05, 3.63) is 70.1 Å². The van der Waals surface area contributed by atoms with Crippen molar-refractivity contribution in [2.45, 2.75) is 39.5 Å². The van der Waals surface area contributed by atoms with Crippen LogP contribution in [-0.2, 0) is 9.53 Å². The van der Waals surface area contributed by atoms with Crippen LogP contribution in [0.15, 0.2) is 48.5 Å². The average molecular weight is 535 g/mol. The van der Waals surface area contributed by atoms with Gasteiger partial charge in [-0.1, -0.05) is 30.7 Å². The number of esters is 1. The number of aryl methyl sites for hydroxylation is 1. The van der Waals surface area contributed by atoms with Gasteiger partial charge in [0.15, 0.2) is 0 Å². The van der Waals surface area contributed by atoms with E-state index in [0.29, 0.717) is 54.1 Å². The lowest BCUT2D eigenvalue weighted by Gasteiger charge is -2.13. The first-order valence-electron chi connectivity index (χ1n) is 12.6. The molecule has 0 unspecified atom stereocenters. The Kier molecular flexibility index (Phi) is 8.58. The maximum atomic E-state index is 12.7. The van der Waals surface area contributed by atoms with Crippen molar-refractivity contribution in [1.82, 2.24) is 4.90 Å². The van der Waals surface area contributed by atoms with Crippen LogP contribution in [0.1, 0.15) is 68.6 Å². The fourth-order valence-electron chi connectivity index (χ4n) is 4.53. The first-order valence-corrected chi connectivity index (χ1v) is 13.4. The summed E-state index contributed by atoms with van der Waals surface area (Å²) in [6, 6.07) is 14.3. The second-order valence-electron chi connectivity index (χ2n) is 8.85.